The van der Waals surface area contributed by atoms with Crippen LogP contribution in [-0.4, -0.2) is 24.4 Å². The molecular weight excluding hydrogens is 247 g/mol. The number of nitrogen functional groups attached to an aromatic ring is 1. The van der Waals surface area contributed by atoms with E-state index in [1.54, 1.807) is 6.92 Å². The molecule has 0 aliphatic carbocycles. The van der Waals surface area contributed by atoms with Crippen molar-refractivity contribution in [3.8, 4) is 0 Å². The van der Waals surface area contributed by atoms with E-state index in [1.807, 2.05) is 5.43 Å². The third-order valence-electron chi connectivity index (χ3n) is 2.57. The maximum Gasteiger partial charge on any atom is 0.418 e. The fourth-order valence-electron chi connectivity index (χ4n) is 1.47. The average Bonchev–Trinajstić information content (AvgIpc) is 2.34. The summed E-state index contributed by atoms with van der Waals surface area (Å²) >= 11 is 0. The summed E-state index contributed by atoms with van der Waals surface area (Å²) in [5, 5.41) is 0. The van der Waals surface area contributed by atoms with Gasteiger partial charge in [0.05, 0.1) is 16.8 Å². The molecule has 1 amide bonds. The first kappa shape index (κ1) is 14.3. The van der Waals surface area contributed by atoms with Crippen molar-refractivity contribution in [3.63, 3.8) is 0 Å². The predicted octanol–water partition coefficient (Wildman–Crippen LogP) is 2.08. The summed E-state index contributed by atoms with van der Waals surface area (Å²) in [5.74, 6) is 4.59. The van der Waals surface area contributed by atoms with Crippen molar-refractivity contribution in [2.45, 2.75) is 13.1 Å². The third kappa shape index (κ3) is 2.73. The maximum absolute atomic E-state index is 12.7. The van der Waals surface area contributed by atoms with E-state index >= 15 is 0 Å². The number of nitrogens with zero attached hydrogens (tertiary/aromatic N) is 1. The van der Waals surface area contributed by atoms with Crippen LogP contribution in [0.3, 0.4) is 0 Å². The highest BCUT2D eigenvalue weighted by Gasteiger charge is 2.35. The van der Waals surface area contributed by atoms with Gasteiger partial charge in [0.15, 0.2) is 0 Å². The summed E-state index contributed by atoms with van der Waals surface area (Å²) in [5.41, 5.74) is 0.498. The second kappa shape index (κ2) is 5.26. The van der Waals surface area contributed by atoms with E-state index in [2.05, 4.69) is 0 Å². The van der Waals surface area contributed by atoms with Crippen LogP contribution in [0.25, 0.3) is 0 Å². The minimum Gasteiger partial charge on any atom is -0.342 e. The molecule has 100 valence electrons. The van der Waals surface area contributed by atoms with Crippen LogP contribution >= 0.6 is 0 Å². The molecule has 1 rings (SSSR count). The lowest BCUT2D eigenvalue weighted by Gasteiger charge is -2.19. The molecule has 1 aromatic rings. The Bertz CT molecular complexity index is 446. The molecule has 0 bridgehead atoms. The van der Waals surface area contributed by atoms with Gasteiger partial charge in [0.25, 0.3) is 5.91 Å². The molecule has 0 saturated carbocycles. The van der Waals surface area contributed by atoms with E-state index in [1.165, 1.54) is 24.1 Å². The zero-order valence-electron chi connectivity index (χ0n) is 10.0. The van der Waals surface area contributed by atoms with Gasteiger partial charge in [-0.05, 0) is 19.1 Å². The van der Waals surface area contributed by atoms with Crippen molar-refractivity contribution in [2.75, 3.05) is 19.0 Å². The lowest BCUT2D eigenvalue weighted by atomic mass is 10.1. The van der Waals surface area contributed by atoms with Gasteiger partial charge in [0.2, 0.25) is 0 Å². The number of hydrogen-bond donors (Lipinski definition) is 2. The van der Waals surface area contributed by atoms with Crippen molar-refractivity contribution < 1.29 is 18.0 Å². The van der Waals surface area contributed by atoms with Gasteiger partial charge in [-0.25, -0.2) is 0 Å². The van der Waals surface area contributed by atoms with Crippen LogP contribution in [0.1, 0.15) is 22.8 Å². The van der Waals surface area contributed by atoms with E-state index in [-0.39, 0.29) is 5.56 Å². The fourth-order valence-corrected chi connectivity index (χ4v) is 1.47. The lowest BCUT2D eigenvalue weighted by Crippen LogP contribution is -2.28. The molecule has 0 aliphatic heterocycles. The summed E-state index contributed by atoms with van der Waals surface area (Å²) in [7, 11) is 1.50. The zero-order chi connectivity index (χ0) is 13.9. The molecule has 0 atom stereocenters. The Morgan fingerprint density at radius 2 is 2.06 bits per heavy atom. The van der Waals surface area contributed by atoms with Gasteiger partial charge in [-0.3, -0.25) is 10.6 Å². The second-order valence-electron chi connectivity index (χ2n) is 3.69. The number of anilines is 1. The number of halogens is 3. The summed E-state index contributed by atoms with van der Waals surface area (Å²) in [6.07, 6.45) is -4.57. The largest absolute Gasteiger partial charge is 0.418 e. The number of carbonyl (C=O) groups is 1. The van der Waals surface area contributed by atoms with Crippen LogP contribution in [0, 0.1) is 0 Å². The first-order valence-electron chi connectivity index (χ1n) is 5.25. The molecular formula is C11H14F3N3O. The van der Waals surface area contributed by atoms with Crippen LogP contribution in [0.5, 0.6) is 0 Å². The minimum absolute atomic E-state index is 0.100. The first-order chi connectivity index (χ1) is 8.32. The maximum atomic E-state index is 12.7. The van der Waals surface area contributed by atoms with Crippen LogP contribution in [0.15, 0.2) is 18.2 Å². The number of para-hydroxylation sites is 1. The number of hydrogen-bond acceptors (Lipinski definition) is 3. The van der Waals surface area contributed by atoms with Gasteiger partial charge in [0.1, 0.15) is 0 Å². The SMILES string of the molecule is CCN(C)C(=O)c1cccc(C(F)(F)F)c1NN. The third-order valence-corrected chi connectivity index (χ3v) is 2.57. The van der Waals surface area contributed by atoms with Crippen molar-refractivity contribution >= 4 is 11.6 Å². The molecule has 0 aliphatic rings. The van der Waals surface area contributed by atoms with Crippen molar-refractivity contribution in [2.24, 2.45) is 5.84 Å². The normalized spacial score (nSPS) is 11.2. The number of benzene rings is 1. The summed E-state index contributed by atoms with van der Waals surface area (Å²) in [4.78, 5) is 13.2. The molecule has 0 fully saturated rings. The van der Waals surface area contributed by atoms with Crippen molar-refractivity contribution in [3.05, 3.63) is 29.3 Å². The molecule has 4 nitrogen and oxygen atoms in total. The van der Waals surface area contributed by atoms with Gasteiger partial charge < -0.3 is 10.3 Å². The number of carbonyl (C=O) groups excluding carboxylic acids is 1. The first-order valence-corrected chi connectivity index (χ1v) is 5.25. The Labute approximate surface area is 103 Å². The number of nitrogens with two attached hydrogens (primary N) is 1. The zero-order valence-corrected chi connectivity index (χ0v) is 10.0. The lowest BCUT2D eigenvalue weighted by molar-refractivity contribution is -0.137. The summed E-state index contributed by atoms with van der Waals surface area (Å²) in [6, 6.07) is 3.36. The van der Waals surface area contributed by atoms with Gasteiger partial charge in [0, 0.05) is 13.6 Å². The molecule has 3 N–H and O–H groups in total. The monoisotopic (exact) mass is 261 g/mol. The van der Waals surface area contributed by atoms with Crippen LogP contribution < -0.4 is 11.3 Å². The molecule has 0 unspecified atom stereocenters. The Morgan fingerprint density at radius 3 is 2.50 bits per heavy atom. The number of amides is 1. The Kier molecular flexibility index (Phi) is 4.18. The Hall–Kier alpha value is -1.76. The van der Waals surface area contributed by atoms with Gasteiger partial charge in [-0.15, -0.1) is 0 Å². The minimum atomic E-state index is -4.57. The van der Waals surface area contributed by atoms with E-state index < -0.39 is 23.3 Å². The molecule has 18 heavy (non-hydrogen) atoms. The molecule has 0 saturated heterocycles. The van der Waals surface area contributed by atoms with Crippen LogP contribution in [0.2, 0.25) is 0 Å². The Morgan fingerprint density at radius 1 is 1.44 bits per heavy atom. The highest BCUT2D eigenvalue weighted by molar-refractivity contribution is 6.00. The molecule has 0 radical (unpaired) electrons. The fraction of sp³-hybridized carbons (Fsp3) is 0.364. The van der Waals surface area contributed by atoms with Gasteiger partial charge in [-0.2, -0.15) is 13.2 Å². The second-order valence-corrected chi connectivity index (χ2v) is 3.69. The average molecular weight is 261 g/mol. The number of alkyl halides is 3. The Balaban J connectivity index is 3.34. The number of hydrazine groups is 1. The quantitative estimate of drug-likeness (QED) is 0.647. The number of rotatable bonds is 3. The van der Waals surface area contributed by atoms with Crippen LogP contribution in [-0.2, 0) is 6.18 Å². The summed E-state index contributed by atoms with van der Waals surface area (Å²) < 4.78 is 38.2. The van der Waals surface area contributed by atoms with E-state index in [4.69, 9.17) is 5.84 Å². The summed E-state index contributed by atoms with van der Waals surface area (Å²) in [6.45, 7) is 2.11. The predicted molar refractivity (Wildman–Crippen MR) is 61.9 cm³/mol. The van der Waals surface area contributed by atoms with E-state index in [0.717, 1.165) is 6.07 Å². The topological polar surface area (TPSA) is 58.4 Å². The van der Waals surface area contributed by atoms with E-state index in [9.17, 15) is 18.0 Å². The molecule has 1 aromatic carbocycles. The number of nitrogens with one attached hydrogen (secondary N) is 1. The van der Waals surface area contributed by atoms with Crippen molar-refractivity contribution in [1.82, 2.24) is 4.90 Å². The molecule has 0 spiro atoms. The molecule has 7 heteroatoms. The molecule has 0 heterocycles. The highest BCUT2D eigenvalue weighted by Crippen LogP contribution is 2.36. The van der Waals surface area contributed by atoms with Gasteiger partial charge in [-0.1, -0.05) is 6.07 Å². The van der Waals surface area contributed by atoms with Gasteiger partial charge >= 0.3 is 6.18 Å². The van der Waals surface area contributed by atoms with Crippen molar-refractivity contribution in [1.29, 1.82) is 0 Å². The van der Waals surface area contributed by atoms with E-state index in [0.29, 0.717) is 6.54 Å². The molecule has 0 aromatic heterocycles. The van der Waals surface area contributed by atoms with Crippen LogP contribution in [0.4, 0.5) is 18.9 Å². The smallest absolute Gasteiger partial charge is 0.342 e. The standard InChI is InChI=1S/C11H14F3N3O/c1-3-17(2)10(18)7-5-4-6-8(9(7)16-15)11(12,13)14/h4-6,16H,3,15H2,1-2H3. The highest BCUT2D eigenvalue weighted by atomic mass is 19.4.